The number of nitrogen functional groups attached to an aromatic ring is 1. The molecule has 3 aromatic rings. The van der Waals surface area contributed by atoms with Crippen LogP contribution in [-0.4, -0.2) is 41.4 Å². The summed E-state index contributed by atoms with van der Waals surface area (Å²) < 4.78 is 33.7. The first-order valence-corrected chi connectivity index (χ1v) is 10.4. The van der Waals surface area contributed by atoms with Gasteiger partial charge in [-0.2, -0.15) is 0 Å². The quantitative estimate of drug-likeness (QED) is 0.461. The minimum atomic E-state index is -0.862. The SMILES string of the molecule is Cc1c(-c2cc3cc(NC(=O)NC4CC(F)C4)ncc3c(N)c2F)cnc2c1NCCO2. The molecule has 3 heterocycles. The van der Waals surface area contributed by atoms with Crippen molar-refractivity contribution in [2.75, 3.05) is 29.5 Å². The molecule has 2 aromatic heterocycles. The smallest absolute Gasteiger partial charge is 0.320 e. The van der Waals surface area contributed by atoms with Crippen LogP contribution in [0.15, 0.2) is 24.5 Å². The van der Waals surface area contributed by atoms with Crippen molar-refractivity contribution in [2.24, 2.45) is 0 Å². The Kier molecular flexibility index (Phi) is 4.91. The van der Waals surface area contributed by atoms with Crippen molar-refractivity contribution >= 4 is 34.0 Å². The summed E-state index contributed by atoms with van der Waals surface area (Å²) in [6.07, 6.45) is 2.74. The third-order valence-electron chi connectivity index (χ3n) is 5.89. The molecule has 1 aromatic carbocycles. The zero-order valence-electron chi connectivity index (χ0n) is 17.3. The molecule has 1 saturated carbocycles. The van der Waals surface area contributed by atoms with Crippen molar-refractivity contribution in [3.63, 3.8) is 0 Å². The molecule has 0 saturated heterocycles. The number of hydrogen-bond acceptors (Lipinski definition) is 6. The lowest BCUT2D eigenvalue weighted by Crippen LogP contribution is -2.46. The lowest BCUT2D eigenvalue weighted by Gasteiger charge is -2.30. The number of halogens is 2. The van der Waals surface area contributed by atoms with Gasteiger partial charge in [0.05, 0.1) is 5.69 Å². The second-order valence-corrected chi connectivity index (χ2v) is 8.06. The highest BCUT2D eigenvalue weighted by molar-refractivity contribution is 6.00. The highest BCUT2D eigenvalue weighted by atomic mass is 19.1. The van der Waals surface area contributed by atoms with E-state index in [1.165, 1.54) is 6.20 Å². The van der Waals surface area contributed by atoms with Crippen molar-refractivity contribution in [3.05, 3.63) is 35.9 Å². The zero-order valence-corrected chi connectivity index (χ0v) is 17.3. The maximum Gasteiger partial charge on any atom is 0.320 e. The van der Waals surface area contributed by atoms with Crippen LogP contribution in [0, 0.1) is 12.7 Å². The van der Waals surface area contributed by atoms with Crippen molar-refractivity contribution in [2.45, 2.75) is 32.0 Å². The van der Waals surface area contributed by atoms with Crippen molar-refractivity contribution < 1.29 is 18.3 Å². The first-order valence-electron chi connectivity index (χ1n) is 10.4. The molecule has 0 unspecified atom stereocenters. The van der Waals surface area contributed by atoms with E-state index < -0.39 is 18.0 Å². The number of nitrogens with one attached hydrogen (secondary N) is 3. The van der Waals surface area contributed by atoms with E-state index in [9.17, 15) is 9.18 Å². The molecule has 0 atom stereocenters. The lowest BCUT2D eigenvalue weighted by molar-refractivity contribution is 0.159. The number of amides is 2. The van der Waals surface area contributed by atoms with Crippen molar-refractivity contribution in [1.82, 2.24) is 15.3 Å². The van der Waals surface area contributed by atoms with Crippen LogP contribution in [-0.2, 0) is 0 Å². The van der Waals surface area contributed by atoms with Gasteiger partial charge in [-0.25, -0.2) is 23.5 Å². The topological polar surface area (TPSA) is 114 Å². The second kappa shape index (κ2) is 7.77. The standard InChI is InChI=1S/C22H22F2N6O2/c1-10-15(8-28-21-20(10)26-2-3-32-21)14-4-11-5-17(27-9-16(11)19(25)18(14)24)30-22(31)29-13-6-12(23)7-13/h4-5,8-9,12-13,26H,2-3,6-7,25H2,1H3,(H2,27,29,30,31). The van der Waals surface area contributed by atoms with Gasteiger partial charge in [0.25, 0.3) is 0 Å². The summed E-state index contributed by atoms with van der Waals surface area (Å²) >= 11 is 0. The van der Waals surface area contributed by atoms with Crippen LogP contribution in [0.1, 0.15) is 18.4 Å². The van der Waals surface area contributed by atoms with Gasteiger partial charge in [0.15, 0.2) is 5.82 Å². The fraction of sp³-hybridized carbons (Fsp3) is 0.318. The molecule has 2 aliphatic rings. The molecular weight excluding hydrogens is 418 g/mol. The summed E-state index contributed by atoms with van der Waals surface area (Å²) in [5, 5.41) is 9.62. The summed E-state index contributed by atoms with van der Waals surface area (Å²) in [6, 6.07) is 2.63. The van der Waals surface area contributed by atoms with E-state index in [4.69, 9.17) is 10.5 Å². The summed E-state index contributed by atoms with van der Waals surface area (Å²) in [5.41, 5.74) is 8.46. The van der Waals surface area contributed by atoms with E-state index in [-0.39, 0.29) is 17.5 Å². The van der Waals surface area contributed by atoms with Gasteiger partial charge in [-0.05, 0) is 42.8 Å². The van der Waals surface area contributed by atoms with Gasteiger partial charge in [-0.15, -0.1) is 0 Å². The molecule has 8 nitrogen and oxygen atoms in total. The number of hydrogen-bond donors (Lipinski definition) is 4. The molecule has 166 valence electrons. The maximum absolute atomic E-state index is 15.2. The fourth-order valence-corrected chi connectivity index (χ4v) is 4.06. The number of benzene rings is 1. The summed E-state index contributed by atoms with van der Waals surface area (Å²) in [4.78, 5) is 20.6. The molecule has 1 aliphatic carbocycles. The van der Waals surface area contributed by atoms with Gasteiger partial charge in [-0.1, -0.05) is 0 Å². The first kappa shape index (κ1) is 20.2. The Bertz CT molecular complexity index is 1230. The molecule has 1 fully saturated rings. The van der Waals surface area contributed by atoms with Gasteiger partial charge >= 0.3 is 6.03 Å². The molecule has 0 radical (unpaired) electrons. The minimum Gasteiger partial charge on any atom is -0.474 e. The number of ether oxygens (including phenoxy) is 1. The average molecular weight is 440 g/mol. The number of nitrogens with zero attached hydrogens (tertiary/aromatic N) is 2. The Morgan fingerprint density at radius 1 is 1.25 bits per heavy atom. The molecule has 5 N–H and O–H groups in total. The van der Waals surface area contributed by atoms with Crippen molar-refractivity contribution in [3.8, 4) is 17.0 Å². The average Bonchev–Trinajstić information content (AvgIpc) is 2.76. The predicted molar refractivity (Wildman–Crippen MR) is 118 cm³/mol. The number of fused-ring (bicyclic) bond motifs is 2. The number of anilines is 3. The molecule has 5 rings (SSSR count). The lowest BCUT2D eigenvalue weighted by atomic mass is 9.91. The second-order valence-electron chi connectivity index (χ2n) is 8.06. The van der Waals surface area contributed by atoms with Crippen LogP contribution in [0.4, 0.5) is 30.8 Å². The Hall–Kier alpha value is -3.69. The van der Waals surface area contributed by atoms with Crippen LogP contribution >= 0.6 is 0 Å². The molecule has 32 heavy (non-hydrogen) atoms. The highest BCUT2D eigenvalue weighted by Crippen LogP contribution is 2.39. The Morgan fingerprint density at radius 2 is 2.06 bits per heavy atom. The number of carbonyl (C=O) groups is 1. The van der Waals surface area contributed by atoms with E-state index in [1.54, 1.807) is 18.3 Å². The number of carbonyl (C=O) groups excluding carboxylic acids is 1. The van der Waals surface area contributed by atoms with Gasteiger partial charge < -0.3 is 21.1 Å². The number of nitrogens with two attached hydrogens (primary N) is 1. The number of urea groups is 1. The predicted octanol–water partition coefficient (Wildman–Crippen LogP) is 3.75. The number of aromatic nitrogens is 2. The Morgan fingerprint density at radius 3 is 2.84 bits per heavy atom. The van der Waals surface area contributed by atoms with Crippen LogP contribution in [0.5, 0.6) is 5.88 Å². The van der Waals surface area contributed by atoms with Crippen LogP contribution < -0.4 is 26.4 Å². The molecule has 0 spiro atoms. The zero-order chi connectivity index (χ0) is 22.4. The Balaban J connectivity index is 1.49. The third-order valence-corrected chi connectivity index (χ3v) is 5.89. The van der Waals surface area contributed by atoms with Crippen LogP contribution in [0.25, 0.3) is 21.9 Å². The highest BCUT2D eigenvalue weighted by Gasteiger charge is 2.30. The summed E-state index contributed by atoms with van der Waals surface area (Å²) in [5.74, 6) is 0.197. The fourth-order valence-electron chi connectivity index (χ4n) is 4.06. The largest absolute Gasteiger partial charge is 0.474 e. The number of pyridine rings is 2. The van der Waals surface area contributed by atoms with E-state index >= 15 is 4.39 Å². The third kappa shape index (κ3) is 3.51. The molecule has 0 bridgehead atoms. The molecular formula is C22H22F2N6O2. The van der Waals surface area contributed by atoms with E-state index in [2.05, 4.69) is 25.9 Å². The molecule has 10 heteroatoms. The van der Waals surface area contributed by atoms with Gasteiger partial charge in [0, 0.05) is 41.5 Å². The normalized spacial score (nSPS) is 19.3. The Labute approximate surface area is 182 Å². The number of alkyl halides is 1. The molecule has 2 amide bonds. The van der Waals surface area contributed by atoms with E-state index in [1.807, 2.05) is 6.92 Å². The van der Waals surface area contributed by atoms with Crippen molar-refractivity contribution in [1.29, 1.82) is 0 Å². The summed E-state index contributed by atoms with van der Waals surface area (Å²) in [7, 11) is 0. The first-order chi connectivity index (χ1) is 15.4. The monoisotopic (exact) mass is 440 g/mol. The molecule has 1 aliphatic heterocycles. The maximum atomic E-state index is 15.2. The number of rotatable bonds is 3. The van der Waals surface area contributed by atoms with E-state index in [0.717, 1.165) is 11.3 Å². The van der Waals surface area contributed by atoms with Gasteiger partial charge in [0.1, 0.15) is 24.3 Å². The van der Waals surface area contributed by atoms with Gasteiger partial charge in [-0.3, -0.25) is 5.32 Å². The van der Waals surface area contributed by atoms with Gasteiger partial charge in [0.2, 0.25) is 5.88 Å². The van der Waals surface area contributed by atoms with E-state index in [0.29, 0.717) is 53.8 Å². The summed E-state index contributed by atoms with van der Waals surface area (Å²) in [6.45, 7) is 3.02. The minimum absolute atomic E-state index is 0.0363. The van der Waals surface area contributed by atoms with Crippen LogP contribution in [0.2, 0.25) is 0 Å². The van der Waals surface area contributed by atoms with Crippen LogP contribution in [0.3, 0.4) is 0 Å².